The Balaban J connectivity index is 1.82. The van der Waals surface area contributed by atoms with Gasteiger partial charge in [-0.15, -0.1) is 11.3 Å². The SMILES string of the molecule is Cc1cccc(N(C(=O)c2snc(C(N)=O)c2N)[C@@H](C(=O)NCc2ccccc2)c2cccs2)c1C. The van der Waals surface area contributed by atoms with Gasteiger partial charge < -0.3 is 16.8 Å². The third kappa shape index (κ3) is 5.00. The minimum Gasteiger partial charge on any atom is -0.395 e. The molecule has 4 rings (SSSR count). The largest absolute Gasteiger partial charge is 0.395 e. The molecule has 2 aromatic carbocycles. The van der Waals surface area contributed by atoms with Crippen LogP contribution in [0.4, 0.5) is 11.4 Å². The van der Waals surface area contributed by atoms with Crippen molar-refractivity contribution in [3.63, 3.8) is 0 Å². The molecule has 1 atom stereocenters. The number of nitrogens with zero attached hydrogens (tertiary/aromatic N) is 2. The number of nitrogens with two attached hydrogens (primary N) is 2. The molecule has 5 N–H and O–H groups in total. The molecule has 2 heterocycles. The molecule has 8 nitrogen and oxygen atoms in total. The second kappa shape index (κ2) is 10.7. The van der Waals surface area contributed by atoms with Gasteiger partial charge in [0.25, 0.3) is 11.8 Å². The summed E-state index contributed by atoms with van der Waals surface area (Å²) < 4.78 is 3.99. The van der Waals surface area contributed by atoms with E-state index in [0.717, 1.165) is 28.2 Å². The summed E-state index contributed by atoms with van der Waals surface area (Å²) in [5.74, 6) is -1.72. The average Bonchev–Trinajstić information content (AvgIpc) is 3.53. The van der Waals surface area contributed by atoms with E-state index in [0.29, 0.717) is 17.1 Å². The fraction of sp³-hybridized carbons (Fsp3) is 0.154. The summed E-state index contributed by atoms with van der Waals surface area (Å²) in [6, 6.07) is 17.7. The molecule has 0 aliphatic carbocycles. The van der Waals surface area contributed by atoms with Crippen LogP contribution in [-0.4, -0.2) is 22.1 Å². The summed E-state index contributed by atoms with van der Waals surface area (Å²) in [7, 11) is 0. The number of hydrogen-bond acceptors (Lipinski definition) is 7. The maximum atomic E-state index is 14.1. The van der Waals surface area contributed by atoms with Crippen LogP contribution in [0.3, 0.4) is 0 Å². The van der Waals surface area contributed by atoms with Gasteiger partial charge >= 0.3 is 0 Å². The summed E-state index contributed by atoms with van der Waals surface area (Å²) in [6.07, 6.45) is 0. The number of primary amides is 1. The van der Waals surface area contributed by atoms with E-state index < -0.39 is 17.9 Å². The number of carbonyl (C=O) groups excluding carboxylic acids is 3. The van der Waals surface area contributed by atoms with E-state index in [2.05, 4.69) is 9.69 Å². The van der Waals surface area contributed by atoms with Crippen LogP contribution < -0.4 is 21.7 Å². The van der Waals surface area contributed by atoms with Crippen LogP contribution >= 0.6 is 22.9 Å². The van der Waals surface area contributed by atoms with Crippen LogP contribution in [-0.2, 0) is 11.3 Å². The molecule has 0 saturated heterocycles. The molecule has 3 amide bonds. The smallest absolute Gasteiger partial charge is 0.273 e. The third-order valence-corrected chi connectivity index (χ3v) is 7.61. The number of nitrogen functional groups attached to an aromatic ring is 1. The van der Waals surface area contributed by atoms with Gasteiger partial charge in [-0.3, -0.25) is 19.3 Å². The lowest BCUT2D eigenvalue weighted by Gasteiger charge is -2.32. The number of amides is 3. The minimum absolute atomic E-state index is 0.0436. The molecule has 184 valence electrons. The molecule has 4 aromatic rings. The van der Waals surface area contributed by atoms with Crippen molar-refractivity contribution in [3.8, 4) is 0 Å². The number of aryl methyl sites for hydroxylation is 1. The number of anilines is 2. The molecule has 0 bridgehead atoms. The van der Waals surface area contributed by atoms with Crippen molar-refractivity contribution in [1.82, 2.24) is 9.69 Å². The Morgan fingerprint density at radius 1 is 1.03 bits per heavy atom. The molecule has 0 spiro atoms. The summed E-state index contributed by atoms with van der Waals surface area (Å²) in [5, 5.41) is 4.82. The first-order valence-corrected chi connectivity index (χ1v) is 12.7. The Morgan fingerprint density at radius 3 is 2.42 bits per heavy atom. The van der Waals surface area contributed by atoms with Gasteiger partial charge in [-0.2, -0.15) is 4.37 Å². The van der Waals surface area contributed by atoms with E-state index in [1.807, 2.05) is 73.8 Å². The van der Waals surface area contributed by atoms with Crippen LogP contribution in [0.1, 0.15) is 47.8 Å². The van der Waals surface area contributed by atoms with E-state index in [9.17, 15) is 14.4 Å². The van der Waals surface area contributed by atoms with E-state index in [1.165, 1.54) is 16.2 Å². The zero-order valence-electron chi connectivity index (χ0n) is 19.7. The monoisotopic (exact) mass is 519 g/mol. The van der Waals surface area contributed by atoms with Crippen molar-refractivity contribution in [2.45, 2.75) is 26.4 Å². The van der Waals surface area contributed by atoms with Crippen LogP contribution in [0, 0.1) is 13.8 Å². The van der Waals surface area contributed by atoms with Crippen molar-refractivity contribution in [2.75, 3.05) is 10.6 Å². The van der Waals surface area contributed by atoms with Crippen LogP contribution in [0.15, 0.2) is 66.0 Å². The van der Waals surface area contributed by atoms with Crippen LogP contribution in [0.5, 0.6) is 0 Å². The molecular weight excluding hydrogens is 494 g/mol. The predicted molar refractivity (Wildman–Crippen MR) is 143 cm³/mol. The lowest BCUT2D eigenvalue weighted by molar-refractivity contribution is -0.122. The maximum absolute atomic E-state index is 14.1. The van der Waals surface area contributed by atoms with Gasteiger partial charge in [0, 0.05) is 17.1 Å². The fourth-order valence-corrected chi connectivity index (χ4v) is 5.36. The highest BCUT2D eigenvalue weighted by atomic mass is 32.1. The summed E-state index contributed by atoms with van der Waals surface area (Å²) in [4.78, 5) is 41.7. The Labute approximate surface area is 216 Å². The van der Waals surface area contributed by atoms with Crippen molar-refractivity contribution in [3.05, 3.63) is 98.2 Å². The predicted octanol–water partition coefficient (Wildman–Crippen LogP) is 4.21. The van der Waals surface area contributed by atoms with Crippen molar-refractivity contribution >= 4 is 52.0 Å². The van der Waals surface area contributed by atoms with Crippen LogP contribution in [0.25, 0.3) is 0 Å². The molecule has 0 radical (unpaired) electrons. The lowest BCUT2D eigenvalue weighted by atomic mass is 10.0. The topological polar surface area (TPSA) is 131 Å². The number of aromatic nitrogens is 1. The molecule has 0 aliphatic heterocycles. The van der Waals surface area contributed by atoms with E-state index in [4.69, 9.17) is 11.5 Å². The normalized spacial score (nSPS) is 11.6. The summed E-state index contributed by atoms with van der Waals surface area (Å²) in [5.41, 5.74) is 14.5. The Bertz CT molecular complexity index is 1400. The standard InChI is InChI=1S/C26H25N5O3S2/c1-15-8-6-11-18(16(15)2)31(26(34)23-20(27)21(24(28)32)30-36-23)22(19-12-7-13-35-19)25(33)29-14-17-9-4-3-5-10-17/h3-13,22H,14,27H2,1-2H3,(H2,28,32)(H,29,33)/t22-/m1/s1. The first kappa shape index (κ1) is 25.1. The Kier molecular flexibility index (Phi) is 7.47. The fourth-order valence-electron chi connectivity index (χ4n) is 3.80. The molecule has 0 unspecified atom stereocenters. The molecular formula is C26H25N5O3S2. The van der Waals surface area contributed by atoms with Crippen LogP contribution in [0.2, 0.25) is 0 Å². The summed E-state index contributed by atoms with van der Waals surface area (Å²) in [6.45, 7) is 4.12. The number of hydrogen-bond donors (Lipinski definition) is 3. The van der Waals surface area contributed by atoms with Gasteiger partial charge in [0.05, 0.1) is 5.69 Å². The van der Waals surface area contributed by atoms with E-state index in [1.54, 1.807) is 6.07 Å². The molecule has 0 fully saturated rings. The van der Waals surface area contributed by atoms with E-state index in [-0.39, 0.29) is 22.2 Å². The van der Waals surface area contributed by atoms with E-state index >= 15 is 0 Å². The van der Waals surface area contributed by atoms with Crippen molar-refractivity contribution in [2.24, 2.45) is 5.73 Å². The van der Waals surface area contributed by atoms with Gasteiger partial charge in [0.2, 0.25) is 5.91 Å². The Morgan fingerprint density at radius 2 is 1.78 bits per heavy atom. The zero-order chi connectivity index (χ0) is 25.8. The van der Waals surface area contributed by atoms with Gasteiger partial charge in [0.15, 0.2) is 11.7 Å². The molecule has 36 heavy (non-hydrogen) atoms. The lowest BCUT2D eigenvalue weighted by Crippen LogP contribution is -2.44. The van der Waals surface area contributed by atoms with Gasteiger partial charge in [-0.1, -0.05) is 48.5 Å². The van der Waals surface area contributed by atoms with Gasteiger partial charge in [0.1, 0.15) is 4.88 Å². The highest BCUT2D eigenvalue weighted by molar-refractivity contribution is 7.10. The highest BCUT2D eigenvalue weighted by Crippen LogP contribution is 2.36. The maximum Gasteiger partial charge on any atom is 0.273 e. The molecule has 2 aromatic heterocycles. The number of carbonyl (C=O) groups is 3. The number of rotatable bonds is 8. The van der Waals surface area contributed by atoms with Gasteiger partial charge in [-0.05, 0) is 59.6 Å². The Hall–Kier alpha value is -4.02. The zero-order valence-corrected chi connectivity index (χ0v) is 21.4. The third-order valence-electron chi connectivity index (χ3n) is 5.84. The second-order valence-electron chi connectivity index (χ2n) is 8.15. The van der Waals surface area contributed by atoms with Crippen molar-refractivity contribution in [1.29, 1.82) is 0 Å². The van der Waals surface area contributed by atoms with Gasteiger partial charge in [-0.25, -0.2) is 0 Å². The number of nitrogens with one attached hydrogen (secondary N) is 1. The molecule has 0 aliphatic rings. The number of benzene rings is 2. The average molecular weight is 520 g/mol. The minimum atomic E-state index is -0.986. The highest BCUT2D eigenvalue weighted by Gasteiger charge is 2.37. The quantitative estimate of drug-likeness (QED) is 0.321. The molecule has 10 heteroatoms. The molecule has 0 saturated carbocycles. The number of thiophene rings is 1. The first-order valence-electron chi connectivity index (χ1n) is 11.1. The van der Waals surface area contributed by atoms with Crippen molar-refractivity contribution < 1.29 is 14.4 Å². The first-order chi connectivity index (χ1) is 17.3. The second-order valence-corrected chi connectivity index (χ2v) is 9.91. The summed E-state index contributed by atoms with van der Waals surface area (Å²) >= 11 is 2.16.